The first kappa shape index (κ1) is 24.1. The number of alkyl halides is 3. The molecule has 0 saturated carbocycles. The molecule has 0 aliphatic carbocycles. The fourth-order valence-electron chi connectivity index (χ4n) is 3.37. The summed E-state index contributed by atoms with van der Waals surface area (Å²) < 4.78 is 65.8. The van der Waals surface area contributed by atoms with E-state index >= 15 is 0 Å². The van der Waals surface area contributed by atoms with Gasteiger partial charge in [0.15, 0.2) is 0 Å². The highest BCUT2D eigenvalue weighted by Crippen LogP contribution is 2.34. The molecule has 0 saturated heterocycles. The number of hydrogen-bond donors (Lipinski definition) is 2. The summed E-state index contributed by atoms with van der Waals surface area (Å²) in [6.45, 7) is -0.132. The first-order chi connectivity index (χ1) is 16.4. The van der Waals surface area contributed by atoms with Gasteiger partial charge in [0.2, 0.25) is 16.0 Å². The summed E-state index contributed by atoms with van der Waals surface area (Å²) in [6.07, 6.45) is -1.70. The monoisotopic (exact) mass is 504 g/mol. The highest BCUT2D eigenvalue weighted by Gasteiger charge is 2.35. The maximum atomic E-state index is 13.6. The minimum absolute atomic E-state index is 0.108. The summed E-state index contributed by atoms with van der Waals surface area (Å²) in [4.78, 5) is 23.0. The number of aromatic nitrogens is 2. The van der Waals surface area contributed by atoms with Gasteiger partial charge in [0.25, 0.3) is 5.91 Å². The Kier molecular flexibility index (Phi) is 6.19. The number of carbonyl (C=O) groups excluding carboxylic acids is 1. The van der Waals surface area contributed by atoms with Crippen LogP contribution in [-0.2, 0) is 27.5 Å². The van der Waals surface area contributed by atoms with Crippen LogP contribution in [0, 0.1) is 0 Å². The minimum atomic E-state index is -4.73. The van der Waals surface area contributed by atoms with Gasteiger partial charge < -0.3 is 10.6 Å². The largest absolute Gasteiger partial charge is 0.421 e. The standard InChI is InChI=1S/C22H19F3N6O3S/c1-31(35(2,33)34)18-6-4-3-5-13(18)11-26-20-16(22(23,24)25)12-27-21(30-20)28-15-7-8-17-14(9-15)10-19(32)29-17/h3-10,12H,11H2,1-2H3,(H2,26,27,28,30). The second kappa shape index (κ2) is 8.98. The molecule has 9 nitrogen and oxygen atoms in total. The van der Waals surface area contributed by atoms with Crippen LogP contribution < -0.4 is 25.5 Å². The lowest BCUT2D eigenvalue weighted by Gasteiger charge is -2.21. The fourth-order valence-corrected chi connectivity index (χ4v) is 3.91. The van der Waals surface area contributed by atoms with Crippen LogP contribution in [-0.4, -0.2) is 37.6 Å². The predicted octanol–water partition coefficient (Wildman–Crippen LogP) is 2.19. The van der Waals surface area contributed by atoms with Crippen LogP contribution in [0.25, 0.3) is 6.08 Å². The van der Waals surface area contributed by atoms with Gasteiger partial charge in [-0.25, -0.2) is 18.4 Å². The normalized spacial score (nSPS) is 13.0. The Bertz CT molecular complexity index is 1540. The zero-order chi connectivity index (χ0) is 25.4. The summed E-state index contributed by atoms with van der Waals surface area (Å²) in [6, 6.07) is 11.2. The van der Waals surface area contributed by atoms with Gasteiger partial charge in [-0.05, 0) is 29.8 Å². The number of sulfonamides is 1. The van der Waals surface area contributed by atoms with Gasteiger partial charge in [0.1, 0.15) is 11.4 Å². The maximum Gasteiger partial charge on any atom is 0.421 e. The third kappa shape index (κ3) is 5.40. The number of carbonyl (C=O) groups is 1. The summed E-state index contributed by atoms with van der Waals surface area (Å²) >= 11 is 0. The Morgan fingerprint density at radius 3 is 2.57 bits per heavy atom. The van der Waals surface area contributed by atoms with Crippen molar-refractivity contribution in [3.05, 3.63) is 70.4 Å². The van der Waals surface area contributed by atoms with E-state index in [0.717, 1.165) is 10.6 Å². The van der Waals surface area contributed by atoms with Gasteiger partial charge in [0.05, 0.1) is 17.3 Å². The molecular formula is C22H19F3N6O3S. The third-order valence-electron chi connectivity index (χ3n) is 5.16. The second-order valence-electron chi connectivity index (χ2n) is 7.66. The maximum absolute atomic E-state index is 13.6. The van der Waals surface area contributed by atoms with Gasteiger partial charge in [-0.1, -0.05) is 18.2 Å². The van der Waals surface area contributed by atoms with Crippen molar-refractivity contribution in [2.75, 3.05) is 28.2 Å². The number of rotatable bonds is 7. The molecule has 0 spiro atoms. The molecule has 0 bridgehead atoms. The highest BCUT2D eigenvalue weighted by molar-refractivity contribution is 7.92. The molecule has 2 N–H and O–H groups in total. The first-order valence-corrected chi connectivity index (χ1v) is 12.0. The topological polar surface area (TPSA) is 117 Å². The quantitative estimate of drug-likeness (QED) is 0.507. The lowest BCUT2D eigenvalue weighted by Crippen LogP contribution is -2.26. The van der Waals surface area contributed by atoms with Crippen molar-refractivity contribution < 1.29 is 26.4 Å². The van der Waals surface area contributed by atoms with E-state index in [1.54, 1.807) is 42.5 Å². The van der Waals surface area contributed by atoms with E-state index in [0.29, 0.717) is 33.7 Å². The first-order valence-electron chi connectivity index (χ1n) is 10.1. The SMILES string of the molecule is CN(c1ccccc1CNc1nc(Nc2ccc3c(c2)=CC(=O)N=3)ncc1C(F)(F)F)S(C)(=O)=O. The molecule has 182 valence electrons. The van der Waals surface area contributed by atoms with E-state index in [9.17, 15) is 26.4 Å². The molecule has 1 aliphatic rings. The molecule has 1 amide bonds. The smallest absolute Gasteiger partial charge is 0.365 e. The average molecular weight is 504 g/mol. The zero-order valence-corrected chi connectivity index (χ0v) is 19.3. The van der Waals surface area contributed by atoms with Crippen molar-refractivity contribution in [1.82, 2.24) is 9.97 Å². The van der Waals surface area contributed by atoms with Crippen molar-refractivity contribution in [2.45, 2.75) is 12.7 Å². The third-order valence-corrected chi connectivity index (χ3v) is 6.35. The van der Waals surface area contributed by atoms with Crippen LogP contribution in [0.15, 0.2) is 53.7 Å². The molecule has 2 aromatic carbocycles. The van der Waals surface area contributed by atoms with Gasteiger partial charge in [-0.2, -0.15) is 18.2 Å². The lowest BCUT2D eigenvalue weighted by molar-refractivity contribution is -0.137. The predicted molar refractivity (Wildman–Crippen MR) is 124 cm³/mol. The molecular weight excluding hydrogens is 485 g/mol. The van der Waals surface area contributed by atoms with Crippen LogP contribution in [0.4, 0.5) is 36.3 Å². The Labute approximate surface area is 198 Å². The number of hydrogen-bond acceptors (Lipinski definition) is 7. The summed E-state index contributed by atoms with van der Waals surface area (Å²) in [7, 11) is -2.22. The number of benzene rings is 2. The number of nitrogens with one attached hydrogen (secondary N) is 2. The Balaban J connectivity index is 1.64. The molecule has 4 rings (SSSR count). The molecule has 1 aliphatic heterocycles. The van der Waals surface area contributed by atoms with Crippen molar-refractivity contribution in [2.24, 2.45) is 4.99 Å². The van der Waals surface area contributed by atoms with Crippen LogP contribution in [0.3, 0.4) is 0 Å². The molecule has 1 aromatic heterocycles. The molecule has 0 atom stereocenters. The number of halogens is 3. The molecule has 0 unspecified atom stereocenters. The van der Waals surface area contributed by atoms with Crippen LogP contribution >= 0.6 is 0 Å². The molecule has 35 heavy (non-hydrogen) atoms. The minimum Gasteiger partial charge on any atom is -0.365 e. The summed E-state index contributed by atoms with van der Waals surface area (Å²) in [5.41, 5.74) is 0.140. The van der Waals surface area contributed by atoms with Gasteiger partial charge in [0, 0.05) is 36.8 Å². The Morgan fingerprint density at radius 1 is 1.11 bits per heavy atom. The van der Waals surface area contributed by atoms with Crippen LogP contribution in [0.2, 0.25) is 0 Å². The van der Waals surface area contributed by atoms with Gasteiger partial charge in [-0.15, -0.1) is 0 Å². The lowest BCUT2D eigenvalue weighted by atomic mass is 10.1. The Morgan fingerprint density at radius 2 is 1.86 bits per heavy atom. The fraction of sp³-hybridized carbons (Fsp3) is 0.182. The number of anilines is 4. The van der Waals surface area contributed by atoms with Crippen molar-refractivity contribution in [3.63, 3.8) is 0 Å². The van der Waals surface area contributed by atoms with Gasteiger partial charge in [-0.3, -0.25) is 9.10 Å². The van der Waals surface area contributed by atoms with Crippen molar-refractivity contribution in [1.29, 1.82) is 0 Å². The number of amides is 1. The van der Waals surface area contributed by atoms with E-state index in [1.165, 1.54) is 13.1 Å². The zero-order valence-electron chi connectivity index (χ0n) is 18.5. The van der Waals surface area contributed by atoms with E-state index in [4.69, 9.17) is 0 Å². The number of para-hydroxylation sites is 1. The average Bonchev–Trinajstić information content (AvgIpc) is 3.15. The van der Waals surface area contributed by atoms with Gasteiger partial charge >= 0.3 is 6.18 Å². The van der Waals surface area contributed by atoms with Crippen LogP contribution in [0.5, 0.6) is 0 Å². The molecule has 0 fully saturated rings. The molecule has 2 heterocycles. The number of nitrogens with zero attached hydrogens (tertiary/aromatic N) is 4. The van der Waals surface area contributed by atoms with E-state index in [-0.39, 0.29) is 12.5 Å². The van der Waals surface area contributed by atoms with Crippen molar-refractivity contribution in [3.8, 4) is 0 Å². The van der Waals surface area contributed by atoms with Crippen LogP contribution in [0.1, 0.15) is 11.1 Å². The highest BCUT2D eigenvalue weighted by atomic mass is 32.2. The van der Waals surface area contributed by atoms with E-state index in [1.807, 2.05) is 0 Å². The number of fused-ring (bicyclic) bond motifs is 1. The molecule has 0 radical (unpaired) electrons. The summed E-state index contributed by atoms with van der Waals surface area (Å²) in [5, 5.41) is 6.54. The second-order valence-corrected chi connectivity index (χ2v) is 9.67. The molecule has 13 heteroatoms. The summed E-state index contributed by atoms with van der Waals surface area (Å²) in [5.74, 6) is -0.982. The van der Waals surface area contributed by atoms with Crippen molar-refractivity contribution >= 4 is 45.1 Å². The van der Waals surface area contributed by atoms with E-state index in [2.05, 4.69) is 25.6 Å². The molecule has 3 aromatic rings. The Hall–Kier alpha value is -4.00. The van der Waals surface area contributed by atoms with E-state index < -0.39 is 33.5 Å².